The van der Waals surface area contributed by atoms with E-state index < -0.39 is 5.97 Å². The summed E-state index contributed by atoms with van der Waals surface area (Å²) in [4.78, 5) is 25.0. The van der Waals surface area contributed by atoms with E-state index in [1.165, 1.54) is 0 Å². The maximum absolute atomic E-state index is 12.2. The molecule has 1 aliphatic heterocycles. The number of carbonyl (C=O) groups excluding carboxylic acids is 1. The number of nitrogens with one attached hydrogen (secondary N) is 1. The third kappa shape index (κ3) is 5.49. The maximum atomic E-state index is 12.2. The number of hydrogen-bond donors (Lipinski definition) is 2. The standard InChI is InChI=1S/C15H28N2O3/c1-4-16-12(3)9-14(18)17-7-5-6-13(10-17)11(2)8-15(19)20/h11-13,16H,4-10H2,1-3H3,(H,19,20). The highest BCUT2D eigenvalue weighted by Crippen LogP contribution is 2.26. The number of carboxylic acid groups (broad SMARTS) is 1. The zero-order valence-electron chi connectivity index (χ0n) is 12.9. The van der Waals surface area contributed by atoms with Gasteiger partial charge in [0.2, 0.25) is 5.91 Å². The summed E-state index contributed by atoms with van der Waals surface area (Å²) in [6, 6.07) is 0.198. The number of piperidine rings is 1. The Labute approximate surface area is 121 Å². The van der Waals surface area contributed by atoms with Crippen LogP contribution in [0.5, 0.6) is 0 Å². The Morgan fingerprint density at radius 3 is 2.65 bits per heavy atom. The molecule has 1 aliphatic rings. The topological polar surface area (TPSA) is 69.6 Å². The molecule has 0 radical (unpaired) electrons. The molecule has 3 atom stereocenters. The van der Waals surface area contributed by atoms with Crippen molar-refractivity contribution < 1.29 is 14.7 Å². The molecule has 116 valence electrons. The van der Waals surface area contributed by atoms with E-state index in [-0.39, 0.29) is 24.3 Å². The molecule has 5 nitrogen and oxygen atoms in total. The molecule has 0 bridgehead atoms. The molecule has 1 heterocycles. The van der Waals surface area contributed by atoms with Crippen LogP contribution in [0.15, 0.2) is 0 Å². The van der Waals surface area contributed by atoms with Gasteiger partial charge in [0.25, 0.3) is 0 Å². The summed E-state index contributed by atoms with van der Waals surface area (Å²) in [6.07, 6.45) is 2.73. The van der Waals surface area contributed by atoms with Gasteiger partial charge in [-0.1, -0.05) is 13.8 Å². The Balaban J connectivity index is 2.47. The van der Waals surface area contributed by atoms with Crippen molar-refractivity contribution in [3.63, 3.8) is 0 Å². The van der Waals surface area contributed by atoms with Crippen molar-refractivity contribution in [3.8, 4) is 0 Å². The second-order valence-electron chi connectivity index (χ2n) is 5.98. The third-order valence-electron chi connectivity index (χ3n) is 4.15. The first-order valence-corrected chi connectivity index (χ1v) is 7.67. The smallest absolute Gasteiger partial charge is 0.303 e. The average molecular weight is 284 g/mol. The number of amides is 1. The van der Waals surface area contributed by atoms with Crippen LogP contribution in [0, 0.1) is 11.8 Å². The highest BCUT2D eigenvalue weighted by molar-refractivity contribution is 5.77. The molecule has 3 unspecified atom stereocenters. The Hall–Kier alpha value is -1.10. The van der Waals surface area contributed by atoms with Crippen molar-refractivity contribution in [1.82, 2.24) is 10.2 Å². The summed E-state index contributed by atoms with van der Waals surface area (Å²) >= 11 is 0. The maximum Gasteiger partial charge on any atom is 0.303 e. The summed E-state index contributed by atoms with van der Waals surface area (Å²) in [6.45, 7) is 8.43. The summed E-state index contributed by atoms with van der Waals surface area (Å²) in [5.41, 5.74) is 0. The third-order valence-corrected chi connectivity index (χ3v) is 4.15. The molecule has 0 aromatic rings. The van der Waals surface area contributed by atoms with Crippen molar-refractivity contribution in [1.29, 1.82) is 0 Å². The lowest BCUT2D eigenvalue weighted by Crippen LogP contribution is -2.44. The van der Waals surface area contributed by atoms with Gasteiger partial charge in [-0.15, -0.1) is 0 Å². The summed E-state index contributed by atoms with van der Waals surface area (Å²) < 4.78 is 0. The summed E-state index contributed by atoms with van der Waals surface area (Å²) in [7, 11) is 0. The quantitative estimate of drug-likeness (QED) is 0.747. The van der Waals surface area contributed by atoms with Gasteiger partial charge in [-0.3, -0.25) is 9.59 Å². The molecule has 1 fully saturated rings. The van der Waals surface area contributed by atoms with Gasteiger partial charge >= 0.3 is 5.97 Å². The minimum absolute atomic E-state index is 0.134. The van der Waals surface area contributed by atoms with Crippen molar-refractivity contribution in [2.45, 2.75) is 52.5 Å². The lowest BCUT2D eigenvalue weighted by Gasteiger charge is -2.36. The molecule has 20 heavy (non-hydrogen) atoms. The molecule has 2 N–H and O–H groups in total. The molecule has 5 heteroatoms. The largest absolute Gasteiger partial charge is 0.481 e. The van der Waals surface area contributed by atoms with Crippen LogP contribution in [0.25, 0.3) is 0 Å². The highest BCUT2D eigenvalue weighted by Gasteiger charge is 2.28. The SMILES string of the molecule is CCNC(C)CC(=O)N1CCCC(C(C)CC(=O)O)C1. The molecule has 1 saturated heterocycles. The lowest BCUT2D eigenvalue weighted by atomic mass is 9.84. The Kier molecular flexibility index (Phi) is 6.99. The predicted octanol–water partition coefficient (Wildman–Crippen LogP) is 1.72. The van der Waals surface area contributed by atoms with E-state index in [1.807, 2.05) is 25.7 Å². The second kappa shape index (κ2) is 8.25. The minimum Gasteiger partial charge on any atom is -0.481 e. The average Bonchev–Trinajstić information content (AvgIpc) is 2.38. The number of carboxylic acids is 1. The first-order valence-electron chi connectivity index (χ1n) is 7.67. The number of carbonyl (C=O) groups is 2. The van der Waals surface area contributed by atoms with Gasteiger partial charge in [-0.2, -0.15) is 0 Å². The molecular formula is C15H28N2O3. The van der Waals surface area contributed by atoms with Gasteiger partial charge in [0.05, 0.1) is 0 Å². The van der Waals surface area contributed by atoms with Crippen LogP contribution >= 0.6 is 0 Å². The van der Waals surface area contributed by atoms with E-state index in [0.717, 1.165) is 25.9 Å². The minimum atomic E-state index is -0.748. The fourth-order valence-electron chi connectivity index (χ4n) is 2.95. The molecule has 0 aromatic heterocycles. The highest BCUT2D eigenvalue weighted by atomic mass is 16.4. The number of hydrogen-bond acceptors (Lipinski definition) is 3. The van der Waals surface area contributed by atoms with Gasteiger partial charge in [0, 0.05) is 32.0 Å². The normalized spacial score (nSPS) is 22.4. The number of nitrogens with zero attached hydrogens (tertiary/aromatic N) is 1. The zero-order valence-corrected chi connectivity index (χ0v) is 12.9. The molecule has 1 amide bonds. The Morgan fingerprint density at radius 2 is 2.05 bits per heavy atom. The number of aliphatic carboxylic acids is 1. The zero-order chi connectivity index (χ0) is 15.1. The molecule has 1 rings (SSSR count). The lowest BCUT2D eigenvalue weighted by molar-refractivity contribution is -0.138. The van der Waals surface area contributed by atoms with Crippen LogP contribution < -0.4 is 5.32 Å². The molecule has 0 aliphatic carbocycles. The first-order chi connectivity index (χ1) is 9.43. The van der Waals surface area contributed by atoms with Crippen LogP contribution in [0.1, 0.15) is 46.5 Å². The van der Waals surface area contributed by atoms with E-state index in [2.05, 4.69) is 5.32 Å². The van der Waals surface area contributed by atoms with E-state index in [0.29, 0.717) is 18.9 Å². The van der Waals surface area contributed by atoms with E-state index in [4.69, 9.17) is 5.11 Å². The molecule has 0 saturated carbocycles. The van der Waals surface area contributed by atoms with Crippen LogP contribution in [0.3, 0.4) is 0 Å². The summed E-state index contributed by atoms with van der Waals surface area (Å²) in [5, 5.41) is 12.1. The number of likely N-dealkylation sites (tertiary alicyclic amines) is 1. The van der Waals surface area contributed by atoms with E-state index >= 15 is 0 Å². The first kappa shape index (κ1) is 17.0. The van der Waals surface area contributed by atoms with Gasteiger partial charge in [-0.05, 0) is 38.1 Å². The van der Waals surface area contributed by atoms with Crippen molar-refractivity contribution >= 4 is 11.9 Å². The predicted molar refractivity (Wildman–Crippen MR) is 78.5 cm³/mol. The van der Waals surface area contributed by atoms with Crippen LogP contribution in [0.4, 0.5) is 0 Å². The second-order valence-corrected chi connectivity index (χ2v) is 5.98. The summed E-state index contributed by atoms with van der Waals surface area (Å²) in [5.74, 6) is -0.111. The monoisotopic (exact) mass is 284 g/mol. The van der Waals surface area contributed by atoms with Crippen LogP contribution in [-0.2, 0) is 9.59 Å². The van der Waals surface area contributed by atoms with E-state index in [1.54, 1.807) is 0 Å². The van der Waals surface area contributed by atoms with Crippen molar-refractivity contribution in [2.75, 3.05) is 19.6 Å². The van der Waals surface area contributed by atoms with Gasteiger partial charge < -0.3 is 15.3 Å². The molecule has 0 spiro atoms. The van der Waals surface area contributed by atoms with Crippen LogP contribution in [-0.4, -0.2) is 47.6 Å². The molecular weight excluding hydrogens is 256 g/mol. The van der Waals surface area contributed by atoms with Crippen LogP contribution in [0.2, 0.25) is 0 Å². The fraction of sp³-hybridized carbons (Fsp3) is 0.867. The van der Waals surface area contributed by atoms with Gasteiger partial charge in [0.15, 0.2) is 0 Å². The van der Waals surface area contributed by atoms with E-state index in [9.17, 15) is 9.59 Å². The Morgan fingerprint density at radius 1 is 1.35 bits per heavy atom. The Bertz CT molecular complexity index is 333. The van der Waals surface area contributed by atoms with Gasteiger partial charge in [-0.25, -0.2) is 0 Å². The van der Waals surface area contributed by atoms with Crippen molar-refractivity contribution in [3.05, 3.63) is 0 Å². The number of rotatable bonds is 7. The van der Waals surface area contributed by atoms with Gasteiger partial charge in [0.1, 0.15) is 0 Å². The molecule has 0 aromatic carbocycles. The fourth-order valence-corrected chi connectivity index (χ4v) is 2.95. The van der Waals surface area contributed by atoms with Crippen molar-refractivity contribution in [2.24, 2.45) is 11.8 Å².